The number of aromatic nitrogens is 3. The zero-order valence-electron chi connectivity index (χ0n) is 11.2. The second kappa shape index (κ2) is 5.02. The minimum Gasteiger partial charge on any atom is -0.330 e. The van der Waals surface area contributed by atoms with Crippen LogP contribution in [0.2, 0.25) is 0 Å². The van der Waals surface area contributed by atoms with Gasteiger partial charge in [-0.15, -0.1) is 0 Å². The predicted molar refractivity (Wildman–Crippen MR) is 76.7 cm³/mol. The van der Waals surface area contributed by atoms with Crippen LogP contribution in [0.15, 0.2) is 36.5 Å². The highest BCUT2D eigenvalue weighted by molar-refractivity contribution is 5.92. The van der Waals surface area contributed by atoms with E-state index in [1.807, 2.05) is 23.7 Å². The Bertz CT molecular complexity index is 749. The standard InChI is InChI=1S/C15H15FN4/c1-20-13(7-8-17)19-12-6-5-10(16)14(15(12)20)11-4-2-3-9-18-11/h2-6,9H,7-8,17H2,1H3. The molecule has 2 N–H and O–H groups in total. The molecule has 0 atom stereocenters. The Morgan fingerprint density at radius 3 is 2.80 bits per heavy atom. The van der Waals surface area contributed by atoms with Gasteiger partial charge in [0, 0.05) is 19.7 Å². The van der Waals surface area contributed by atoms with E-state index in [9.17, 15) is 4.39 Å². The van der Waals surface area contributed by atoms with E-state index in [0.29, 0.717) is 24.2 Å². The number of hydrogen-bond acceptors (Lipinski definition) is 3. The molecule has 0 radical (unpaired) electrons. The summed E-state index contributed by atoms with van der Waals surface area (Å²) in [4.78, 5) is 8.77. The van der Waals surface area contributed by atoms with Crippen molar-refractivity contribution in [1.82, 2.24) is 14.5 Å². The lowest BCUT2D eigenvalue weighted by Crippen LogP contribution is -2.07. The van der Waals surface area contributed by atoms with E-state index in [2.05, 4.69) is 9.97 Å². The van der Waals surface area contributed by atoms with Crippen molar-refractivity contribution in [3.63, 3.8) is 0 Å². The summed E-state index contributed by atoms with van der Waals surface area (Å²) in [6, 6.07) is 8.58. The quantitative estimate of drug-likeness (QED) is 0.794. The number of hydrogen-bond donors (Lipinski definition) is 1. The van der Waals surface area contributed by atoms with E-state index in [0.717, 1.165) is 16.9 Å². The van der Waals surface area contributed by atoms with Gasteiger partial charge in [0.2, 0.25) is 0 Å². The molecule has 2 aromatic heterocycles. The van der Waals surface area contributed by atoms with Crippen LogP contribution in [0.25, 0.3) is 22.3 Å². The maximum atomic E-state index is 14.3. The second-order valence-electron chi connectivity index (χ2n) is 4.63. The van der Waals surface area contributed by atoms with Gasteiger partial charge in [0.15, 0.2) is 0 Å². The van der Waals surface area contributed by atoms with Crippen molar-refractivity contribution >= 4 is 11.0 Å². The predicted octanol–water partition coefficient (Wildman–Crippen LogP) is 2.28. The smallest absolute Gasteiger partial charge is 0.134 e. The third kappa shape index (κ3) is 1.96. The number of rotatable bonds is 3. The molecule has 0 saturated carbocycles. The summed E-state index contributed by atoms with van der Waals surface area (Å²) in [5, 5.41) is 0. The van der Waals surface area contributed by atoms with E-state index in [1.165, 1.54) is 6.07 Å². The monoisotopic (exact) mass is 270 g/mol. The Kier molecular flexibility index (Phi) is 3.20. The Balaban J connectivity index is 2.33. The van der Waals surface area contributed by atoms with Crippen molar-refractivity contribution in [3.8, 4) is 11.3 Å². The lowest BCUT2D eigenvalue weighted by molar-refractivity contribution is 0.631. The zero-order valence-corrected chi connectivity index (χ0v) is 11.2. The lowest BCUT2D eigenvalue weighted by Gasteiger charge is -2.07. The van der Waals surface area contributed by atoms with Gasteiger partial charge in [-0.2, -0.15) is 0 Å². The molecule has 0 aliphatic carbocycles. The van der Waals surface area contributed by atoms with Crippen LogP contribution in [0.4, 0.5) is 4.39 Å². The van der Waals surface area contributed by atoms with Gasteiger partial charge in [-0.25, -0.2) is 9.37 Å². The minimum atomic E-state index is -0.293. The van der Waals surface area contributed by atoms with Crippen molar-refractivity contribution in [3.05, 3.63) is 48.2 Å². The van der Waals surface area contributed by atoms with Crippen LogP contribution in [-0.4, -0.2) is 21.1 Å². The summed E-state index contributed by atoms with van der Waals surface area (Å²) in [6.07, 6.45) is 2.32. The third-order valence-electron chi connectivity index (χ3n) is 3.37. The summed E-state index contributed by atoms with van der Waals surface area (Å²) >= 11 is 0. The number of pyridine rings is 1. The number of fused-ring (bicyclic) bond motifs is 1. The Morgan fingerprint density at radius 1 is 1.25 bits per heavy atom. The normalized spacial score (nSPS) is 11.2. The maximum Gasteiger partial charge on any atom is 0.134 e. The molecular formula is C15H15FN4. The second-order valence-corrected chi connectivity index (χ2v) is 4.63. The first-order chi connectivity index (χ1) is 9.72. The van der Waals surface area contributed by atoms with Crippen molar-refractivity contribution in [2.45, 2.75) is 6.42 Å². The number of aryl methyl sites for hydroxylation is 1. The number of nitrogens with two attached hydrogens (primary N) is 1. The van der Waals surface area contributed by atoms with Gasteiger partial charge in [-0.1, -0.05) is 6.07 Å². The van der Waals surface area contributed by atoms with Crippen LogP contribution in [0.5, 0.6) is 0 Å². The Labute approximate surface area is 116 Å². The lowest BCUT2D eigenvalue weighted by atomic mass is 10.1. The highest BCUT2D eigenvalue weighted by atomic mass is 19.1. The Morgan fingerprint density at radius 2 is 2.10 bits per heavy atom. The molecule has 5 heteroatoms. The molecular weight excluding hydrogens is 255 g/mol. The van der Waals surface area contributed by atoms with Gasteiger partial charge in [-0.05, 0) is 30.8 Å². The van der Waals surface area contributed by atoms with Crippen LogP contribution in [-0.2, 0) is 13.5 Å². The van der Waals surface area contributed by atoms with Crippen LogP contribution in [0.1, 0.15) is 5.82 Å². The number of halogens is 1. The molecule has 0 amide bonds. The molecule has 3 rings (SSSR count). The Hall–Kier alpha value is -2.27. The molecule has 20 heavy (non-hydrogen) atoms. The average molecular weight is 270 g/mol. The molecule has 102 valence electrons. The van der Waals surface area contributed by atoms with Gasteiger partial charge < -0.3 is 10.3 Å². The fourth-order valence-electron chi connectivity index (χ4n) is 2.44. The molecule has 0 fully saturated rings. The molecule has 0 aliphatic rings. The molecule has 0 aliphatic heterocycles. The van der Waals surface area contributed by atoms with Crippen LogP contribution >= 0.6 is 0 Å². The fourth-order valence-corrected chi connectivity index (χ4v) is 2.44. The maximum absolute atomic E-state index is 14.3. The first-order valence-electron chi connectivity index (χ1n) is 6.47. The molecule has 3 aromatic rings. The number of nitrogens with zero attached hydrogens (tertiary/aromatic N) is 3. The molecule has 2 heterocycles. The summed E-state index contributed by atoms with van der Waals surface area (Å²) in [5.41, 5.74) is 8.21. The average Bonchev–Trinajstić information content (AvgIpc) is 2.78. The fraction of sp³-hybridized carbons (Fsp3) is 0.200. The van der Waals surface area contributed by atoms with Crippen molar-refractivity contribution in [1.29, 1.82) is 0 Å². The van der Waals surface area contributed by atoms with Crippen molar-refractivity contribution in [2.75, 3.05) is 6.54 Å². The van der Waals surface area contributed by atoms with Crippen LogP contribution < -0.4 is 5.73 Å². The van der Waals surface area contributed by atoms with E-state index in [-0.39, 0.29) is 5.82 Å². The largest absolute Gasteiger partial charge is 0.330 e. The highest BCUT2D eigenvalue weighted by Crippen LogP contribution is 2.30. The first-order valence-corrected chi connectivity index (χ1v) is 6.47. The van der Waals surface area contributed by atoms with Crippen LogP contribution in [0, 0.1) is 5.82 Å². The van der Waals surface area contributed by atoms with Gasteiger partial charge in [-0.3, -0.25) is 4.98 Å². The first kappa shape index (κ1) is 12.7. The molecule has 0 bridgehead atoms. The van der Waals surface area contributed by atoms with Gasteiger partial charge in [0.25, 0.3) is 0 Å². The number of benzene rings is 1. The van der Waals surface area contributed by atoms with Gasteiger partial charge >= 0.3 is 0 Å². The third-order valence-corrected chi connectivity index (χ3v) is 3.37. The highest BCUT2D eigenvalue weighted by Gasteiger charge is 2.17. The van der Waals surface area contributed by atoms with E-state index < -0.39 is 0 Å². The summed E-state index contributed by atoms with van der Waals surface area (Å²) < 4.78 is 16.2. The SMILES string of the molecule is Cn1c(CCN)nc2ccc(F)c(-c3ccccn3)c21. The molecule has 1 aromatic carbocycles. The molecule has 0 unspecified atom stereocenters. The van der Waals surface area contributed by atoms with Crippen molar-refractivity contribution < 1.29 is 4.39 Å². The molecule has 0 saturated heterocycles. The van der Waals surface area contributed by atoms with Crippen molar-refractivity contribution in [2.24, 2.45) is 12.8 Å². The van der Waals surface area contributed by atoms with Gasteiger partial charge in [0.1, 0.15) is 11.6 Å². The summed E-state index contributed by atoms with van der Waals surface area (Å²) in [7, 11) is 1.88. The van der Waals surface area contributed by atoms with Gasteiger partial charge in [0.05, 0.1) is 22.3 Å². The van der Waals surface area contributed by atoms with Crippen LogP contribution in [0.3, 0.4) is 0 Å². The van der Waals surface area contributed by atoms with E-state index in [1.54, 1.807) is 18.3 Å². The minimum absolute atomic E-state index is 0.293. The zero-order chi connectivity index (χ0) is 14.1. The topological polar surface area (TPSA) is 56.7 Å². The summed E-state index contributed by atoms with van der Waals surface area (Å²) in [5.74, 6) is 0.559. The van der Waals surface area contributed by atoms with E-state index >= 15 is 0 Å². The summed E-state index contributed by atoms with van der Waals surface area (Å²) in [6.45, 7) is 0.512. The molecule has 4 nitrogen and oxygen atoms in total. The molecule has 0 spiro atoms. The van der Waals surface area contributed by atoms with E-state index in [4.69, 9.17) is 5.73 Å². The number of imidazole rings is 1.